The number of allylic oxidation sites excluding steroid dienone is 1. The largest absolute Gasteiger partial charge is 0.462 e. The molecule has 0 aromatic heterocycles. The van der Waals surface area contributed by atoms with E-state index in [0.29, 0.717) is 14.9 Å². The molecule has 0 radical (unpaired) electrons. The maximum atomic E-state index is 11.5. The van der Waals surface area contributed by atoms with E-state index in [9.17, 15) is 4.79 Å². The summed E-state index contributed by atoms with van der Waals surface area (Å²) in [5, 5.41) is 0. The fraction of sp³-hybridized carbons (Fsp3) is 0.880. The lowest BCUT2D eigenvalue weighted by Gasteiger charge is -2.59. The molecule has 3 saturated carbocycles. The first-order chi connectivity index (χ1) is 13.8. The SMILES string of the molecule is CC(=O)OC1CCC2(C)C(=CCC3C2CCC2(C)C3CCC2C2(C)SCCS2)C1. The van der Waals surface area contributed by atoms with E-state index in [-0.39, 0.29) is 12.1 Å². The molecule has 7 unspecified atom stereocenters. The number of carbonyl (C=O) groups excluding carboxylic acids is 1. The summed E-state index contributed by atoms with van der Waals surface area (Å²) in [4.78, 5) is 11.5. The van der Waals surface area contributed by atoms with Gasteiger partial charge in [-0.1, -0.05) is 25.5 Å². The minimum absolute atomic E-state index is 0.115. The van der Waals surface area contributed by atoms with Gasteiger partial charge >= 0.3 is 5.97 Å². The maximum absolute atomic E-state index is 11.5. The van der Waals surface area contributed by atoms with Gasteiger partial charge in [0.25, 0.3) is 0 Å². The number of rotatable bonds is 2. The predicted octanol–water partition coefficient (Wildman–Crippen LogP) is 6.69. The van der Waals surface area contributed by atoms with Gasteiger partial charge in [-0.15, -0.1) is 23.5 Å². The van der Waals surface area contributed by atoms with E-state index in [1.807, 2.05) is 0 Å². The summed E-state index contributed by atoms with van der Waals surface area (Å²) in [5.74, 6) is 6.08. The molecule has 29 heavy (non-hydrogen) atoms. The molecule has 0 spiro atoms. The van der Waals surface area contributed by atoms with Gasteiger partial charge in [-0.3, -0.25) is 4.79 Å². The summed E-state index contributed by atoms with van der Waals surface area (Å²) in [6.07, 6.45) is 12.9. The fourth-order valence-electron chi connectivity index (χ4n) is 8.56. The summed E-state index contributed by atoms with van der Waals surface area (Å²) >= 11 is 4.52. The van der Waals surface area contributed by atoms with Gasteiger partial charge in [0, 0.05) is 24.9 Å². The Kier molecular flexibility index (Phi) is 5.18. The molecule has 2 nitrogen and oxygen atoms in total. The Balaban J connectivity index is 1.39. The van der Waals surface area contributed by atoms with Gasteiger partial charge in [-0.25, -0.2) is 0 Å². The van der Waals surface area contributed by atoms with Crippen molar-refractivity contribution >= 4 is 29.5 Å². The molecule has 0 aromatic rings. The molecule has 5 aliphatic rings. The quantitative estimate of drug-likeness (QED) is 0.357. The minimum Gasteiger partial charge on any atom is -0.462 e. The van der Waals surface area contributed by atoms with Crippen LogP contribution in [-0.2, 0) is 9.53 Å². The van der Waals surface area contributed by atoms with Gasteiger partial charge in [-0.2, -0.15) is 0 Å². The Morgan fingerprint density at radius 1 is 1.03 bits per heavy atom. The van der Waals surface area contributed by atoms with E-state index in [4.69, 9.17) is 4.74 Å². The Hall–Kier alpha value is -0.0900. The molecule has 4 heteroatoms. The zero-order chi connectivity index (χ0) is 20.4. The third-order valence-corrected chi connectivity index (χ3v) is 13.4. The second-order valence-electron chi connectivity index (χ2n) is 11.1. The first-order valence-electron chi connectivity index (χ1n) is 11.9. The molecule has 0 aromatic carbocycles. The summed E-state index contributed by atoms with van der Waals surface area (Å²) in [6, 6.07) is 0. The highest BCUT2D eigenvalue weighted by atomic mass is 32.2. The lowest BCUT2D eigenvalue weighted by atomic mass is 9.47. The highest BCUT2D eigenvalue weighted by molar-refractivity contribution is 8.21. The number of hydrogen-bond donors (Lipinski definition) is 0. The van der Waals surface area contributed by atoms with Crippen LogP contribution in [0, 0.1) is 34.5 Å². The van der Waals surface area contributed by atoms with Crippen molar-refractivity contribution in [2.75, 3.05) is 11.5 Å². The first kappa shape index (κ1) is 20.8. The summed E-state index contributed by atoms with van der Waals surface area (Å²) in [7, 11) is 0. The minimum atomic E-state index is -0.116. The maximum Gasteiger partial charge on any atom is 0.302 e. The van der Waals surface area contributed by atoms with Crippen LogP contribution in [0.1, 0.15) is 79.1 Å². The zero-order valence-corrected chi connectivity index (χ0v) is 20.3. The molecular formula is C25H38O2S2. The normalized spacial score (nSPS) is 48.3. The van der Waals surface area contributed by atoms with Crippen molar-refractivity contribution in [3.63, 3.8) is 0 Å². The number of hydrogen-bond acceptors (Lipinski definition) is 4. The molecule has 0 N–H and O–H groups in total. The lowest BCUT2D eigenvalue weighted by Crippen LogP contribution is -2.52. The average Bonchev–Trinajstić information content (AvgIpc) is 3.25. The molecule has 1 aliphatic heterocycles. The highest BCUT2D eigenvalue weighted by Crippen LogP contribution is 2.70. The van der Waals surface area contributed by atoms with E-state index >= 15 is 0 Å². The molecule has 7 atom stereocenters. The Morgan fingerprint density at radius 3 is 2.52 bits per heavy atom. The third kappa shape index (κ3) is 3.17. The smallest absolute Gasteiger partial charge is 0.302 e. The van der Waals surface area contributed by atoms with Crippen molar-refractivity contribution < 1.29 is 9.53 Å². The van der Waals surface area contributed by atoms with Gasteiger partial charge in [0.2, 0.25) is 0 Å². The van der Waals surface area contributed by atoms with E-state index in [1.54, 1.807) is 12.5 Å². The van der Waals surface area contributed by atoms with E-state index < -0.39 is 0 Å². The van der Waals surface area contributed by atoms with E-state index in [2.05, 4.69) is 50.4 Å². The van der Waals surface area contributed by atoms with Crippen molar-refractivity contribution in [3.05, 3.63) is 11.6 Å². The van der Waals surface area contributed by atoms with Crippen LogP contribution in [-0.4, -0.2) is 27.7 Å². The van der Waals surface area contributed by atoms with E-state index in [0.717, 1.165) is 36.5 Å². The second-order valence-corrected chi connectivity index (χ2v) is 14.5. The molecule has 162 valence electrons. The number of esters is 1. The van der Waals surface area contributed by atoms with Gasteiger partial charge in [0.15, 0.2) is 0 Å². The predicted molar refractivity (Wildman–Crippen MR) is 124 cm³/mol. The van der Waals surface area contributed by atoms with Crippen LogP contribution in [0.3, 0.4) is 0 Å². The zero-order valence-electron chi connectivity index (χ0n) is 18.7. The topological polar surface area (TPSA) is 26.3 Å². The molecule has 4 aliphatic carbocycles. The number of carbonyl (C=O) groups is 1. The standard InChI is InChI=1S/C25H38O2S2/c1-16(26)27-18-9-11-23(2)17(15-18)5-6-19-20-7-8-22(25(4)28-13-14-29-25)24(20,3)12-10-21(19)23/h5,18-22H,6-15H2,1-4H3. The number of fused-ring (bicyclic) bond motifs is 5. The number of ether oxygens (including phenoxy) is 1. The van der Waals surface area contributed by atoms with Crippen molar-refractivity contribution in [1.82, 2.24) is 0 Å². The van der Waals surface area contributed by atoms with Crippen LogP contribution in [0.5, 0.6) is 0 Å². The molecule has 0 amide bonds. The Labute approximate surface area is 185 Å². The Morgan fingerprint density at radius 2 is 1.79 bits per heavy atom. The molecule has 0 bridgehead atoms. The van der Waals surface area contributed by atoms with Crippen LogP contribution in [0.25, 0.3) is 0 Å². The summed E-state index contributed by atoms with van der Waals surface area (Å²) < 4.78 is 6.06. The van der Waals surface area contributed by atoms with Gasteiger partial charge in [0.05, 0.1) is 4.08 Å². The van der Waals surface area contributed by atoms with Crippen LogP contribution in [0.4, 0.5) is 0 Å². The van der Waals surface area contributed by atoms with Crippen LogP contribution in [0.2, 0.25) is 0 Å². The van der Waals surface area contributed by atoms with Crippen LogP contribution < -0.4 is 0 Å². The third-order valence-electron chi connectivity index (χ3n) is 9.88. The van der Waals surface area contributed by atoms with Gasteiger partial charge in [-0.05, 0) is 86.4 Å². The van der Waals surface area contributed by atoms with Crippen molar-refractivity contribution in [2.45, 2.75) is 89.2 Å². The molecule has 1 heterocycles. The van der Waals surface area contributed by atoms with Gasteiger partial charge in [0.1, 0.15) is 6.10 Å². The van der Waals surface area contributed by atoms with E-state index in [1.165, 1.54) is 50.0 Å². The second kappa shape index (κ2) is 7.22. The first-order valence-corrected chi connectivity index (χ1v) is 13.9. The van der Waals surface area contributed by atoms with Crippen LogP contribution >= 0.6 is 23.5 Å². The number of thioether (sulfide) groups is 2. The molecule has 5 rings (SSSR count). The average molecular weight is 435 g/mol. The van der Waals surface area contributed by atoms with Crippen LogP contribution in [0.15, 0.2) is 11.6 Å². The lowest BCUT2D eigenvalue weighted by molar-refractivity contribution is -0.148. The summed E-state index contributed by atoms with van der Waals surface area (Å²) in [5.41, 5.74) is 2.50. The highest BCUT2D eigenvalue weighted by Gasteiger charge is 2.62. The molecular weight excluding hydrogens is 396 g/mol. The monoisotopic (exact) mass is 434 g/mol. The molecule has 1 saturated heterocycles. The summed E-state index contributed by atoms with van der Waals surface area (Å²) in [6.45, 7) is 9.35. The van der Waals surface area contributed by atoms with Crippen molar-refractivity contribution in [1.29, 1.82) is 0 Å². The Bertz CT molecular complexity index is 712. The fourth-order valence-corrected chi connectivity index (χ4v) is 12.0. The van der Waals surface area contributed by atoms with Crippen molar-refractivity contribution in [3.8, 4) is 0 Å². The van der Waals surface area contributed by atoms with Gasteiger partial charge < -0.3 is 4.74 Å². The van der Waals surface area contributed by atoms with Crippen molar-refractivity contribution in [2.24, 2.45) is 34.5 Å². The molecule has 4 fully saturated rings.